The zero-order chi connectivity index (χ0) is 16.7. The second-order valence-corrected chi connectivity index (χ2v) is 5.28. The summed E-state index contributed by atoms with van der Waals surface area (Å²) in [5.41, 5.74) is 2.53. The molecular weight excluding hydrogens is 295 g/mol. The highest BCUT2D eigenvalue weighted by molar-refractivity contribution is 5.96. The molecule has 2 aromatic rings. The molecule has 0 aliphatic heterocycles. The molecule has 2 amide bonds. The number of carbonyl (C=O) groups excluding carboxylic acids is 2. The Morgan fingerprint density at radius 2 is 1.61 bits per heavy atom. The molecule has 4 nitrogen and oxygen atoms in total. The van der Waals surface area contributed by atoms with E-state index in [-0.39, 0.29) is 24.2 Å². The fourth-order valence-corrected chi connectivity index (χ4v) is 2.03. The first-order valence-electron chi connectivity index (χ1n) is 7.40. The van der Waals surface area contributed by atoms with Gasteiger partial charge in [-0.2, -0.15) is 0 Å². The third-order valence-corrected chi connectivity index (χ3v) is 3.37. The van der Waals surface area contributed by atoms with Crippen LogP contribution in [0.4, 0.5) is 4.39 Å². The van der Waals surface area contributed by atoms with E-state index >= 15 is 0 Å². The van der Waals surface area contributed by atoms with Crippen LogP contribution in [0, 0.1) is 12.7 Å². The Kier molecular flexibility index (Phi) is 5.86. The van der Waals surface area contributed by atoms with E-state index in [0.29, 0.717) is 18.5 Å². The van der Waals surface area contributed by atoms with Crippen LogP contribution in [0.3, 0.4) is 0 Å². The van der Waals surface area contributed by atoms with Crippen LogP contribution in [0.25, 0.3) is 0 Å². The molecule has 0 unspecified atom stereocenters. The molecule has 2 N–H and O–H groups in total. The second kappa shape index (κ2) is 8.08. The minimum absolute atomic E-state index is 0.0733. The standard InChI is InChI=1S/C18H19FN2O2/c1-13-2-6-15(7-3-13)18(23)21-12-17(22)20-11-10-14-4-8-16(19)9-5-14/h2-9H,10-12H2,1H3,(H,20,22)(H,21,23). The van der Waals surface area contributed by atoms with Crippen molar-refractivity contribution in [1.82, 2.24) is 10.6 Å². The fraction of sp³-hybridized carbons (Fsp3) is 0.222. The Balaban J connectivity index is 1.69. The lowest BCUT2D eigenvalue weighted by molar-refractivity contribution is -0.120. The summed E-state index contributed by atoms with van der Waals surface area (Å²) >= 11 is 0. The smallest absolute Gasteiger partial charge is 0.251 e. The summed E-state index contributed by atoms with van der Waals surface area (Å²) < 4.78 is 12.8. The van der Waals surface area contributed by atoms with Crippen LogP contribution in [0.1, 0.15) is 21.5 Å². The monoisotopic (exact) mass is 314 g/mol. The summed E-state index contributed by atoms with van der Waals surface area (Å²) in [5, 5.41) is 5.29. The summed E-state index contributed by atoms with van der Waals surface area (Å²) in [6.45, 7) is 2.30. The summed E-state index contributed by atoms with van der Waals surface area (Å²) in [6.07, 6.45) is 0.609. The number of aryl methyl sites for hydroxylation is 1. The maximum Gasteiger partial charge on any atom is 0.251 e. The van der Waals surface area contributed by atoms with Gasteiger partial charge in [-0.3, -0.25) is 9.59 Å². The van der Waals surface area contributed by atoms with Crippen molar-refractivity contribution in [2.45, 2.75) is 13.3 Å². The third-order valence-electron chi connectivity index (χ3n) is 3.37. The van der Waals surface area contributed by atoms with Gasteiger partial charge in [0.25, 0.3) is 5.91 Å². The lowest BCUT2D eigenvalue weighted by atomic mass is 10.1. The minimum atomic E-state index is -0.281. The van der Waals surface area contributed by atoms with Crippen LogP contribution < -0.4 is 10.6 Å². The van der Waals surface area contributed by atoms with E-state index in [9.17, 15) is 14.0 Å². The van der Waals surface area contributed by atoms with Gasteiger partial charge in [0.15, 0.2) is 0 Å². The number of amides is 2. The van der Waals surface area contributed by atoms with Crippen LogP contribution in [-0.2, 0) is 11.2 Å². The lowest BCUT2D eigenvalue weighted by Crippen LogP contribution is -2.37. The van der Waals surface area contributed by atoms with Gasteiger partial charge in [-0.1, -0.05) is 29.8 Å². The fourth-order valence-electron chi connectivity index (χ4n) is 2.03. The Morgan fingerprint density at radius 3 is 2.26 bits per heavy atom. The molecule has 0 aliphatic rings. The van der Waals surface area contributed by atoms with Crippen molar-refractivity contribution in [3.63, 3.8) is 0 Å². The van der Waals surface area contributed by atoms with Gasteiger partial charge in [0.05, 0.1) is 6.54 Å². The molecule has 2 rings (SSSR count). The summed E-state index contributed by atoms with van der Waals surface area (Å²) in [7, 11) is 0. The number of hydrogen-bond acceptors (Lipinski definition) is 2. The summed E-state index contributed by atoms with van der Waals surface area (Å²) in [4.78, 5) is 23.6. The Hall–Kier alpha value is -2.69. The first-order chi connectivity index (χ1) is 11.0. The molecule has 0 spiro atoms. The average molecular weight is 314 g/mol. The maximum absolute atomic E-state index is 12.8. The molecule has 23 heavy (non-hydrogen) atoms. The number of benzene rings is 2. The van der Waals surface area contributed by atoms with Gasteiger partial charge in [0, 0.05) is 12.1 Å². The quantitative estimate of drug-likeness (QED) is 0.859. The number of halogens is 1. The number of hydrogen-bond donors (Lipinski definition) is 2. The molecule has 0 fully saturated rings. The van der Waals surface area contributed by atoms with Crippen LogP contribution in [0.5, 0.6) is 0 Å². The highest BCUT2D eigenvalue weighted by Gasteiger charge is 2.07. The van der Waals surface area contributed by atoms with Gasteiger partial charge in [-0.05, 0) is 43.2 Å². The van der Waals surface area contributed by atoms with Crippen molar-refractivity contribution in [2.75, 3.05) is 13.1 Å². The largest absolute Gasteiger partial charge is 0.354 e. The van der Waals surface area contributed by atoms with Gasteiger partial charge in [-0.15, -0.1) is 0 Å². The molecule has 0 heterocycles. The predicted octanol–water partition coefficient (Wildman–Crippen LogP) is 2.22. The molecule has 0 atom stereocenters. The van der Waals surface area contributed by atoms with Crippen molar-refractivity contribution in [2.24, 2.45) is 0 Å². The van der Waals surface area contributed by atoms with Gasteiger partial charge in [-0.25, -0.2) is 4.39 Å². The maximum atomic E-state index is 12.8. The Bertz CT molecular complexity index is 666. The number of rotatable bonds is 6. The Labute approximate surface area is 134 Å². The Morgan fingerprint density at radius 1 is 0.957 bits per heavy atom. The van der Waals surface area contributed by atoms with Crippen LogP contribution in [0.15, 0.2) is 48.5 Å². The second-order valence-electron chi connectivity index (χ2n) is 5.28. The van der Waals surface area contributed by atoms with E-state index in [1.165, 1.54) is 12.1 Å². The van der Waals surface area contributed by atoms with Crippen molar-refractivity contribution >= 4 is 11.8 Å². The molecule has 0 bridgehead atoms. The van der Waals surface area contributed by atoms with Crippen molar-refractivity contribution in [3.05, 3.63) is 71.0 Å². The molecular formula is C18H19FN2O2. The highest BCUT2D eigenvalue weighted by atomic mass is 19.1. The van der Waals surface area contributed by atoms with E-state index in [0.717, 1.165) is 11.1 Å². The molecule has 0 saturated heterocycles. The number of nitrogens with one attached hydrogen (secondary N) is 2. The molecule has 0 aromatic heterocycles. The summed E-state index contributed by atoms with van der Waals surface area (Å²) in [5.74, 6) is -0.817. The zero-order valence-corrected chi connectivity index (χ0v) is 12.9. The number of carbonyl (C=O) groups is 2. The van der Waals surface area contributed by atoms with E-state index in [1.54, 1.807) is 24.3 Å². The van der Waals surface area contributed by atoms with E-state index < -0.39 is 0 Å². The summed E-state index contributed by atoms with van der Waals surface area (Å²) in [6, 6.07) is 13.3. The van der Waals surface area contributed by atoms with Crippen molar-refractivity contribution in [3.8, 4) is 0 Å². The molecule has 0 radical (unpaired) electrons. The first-order valence-corrected chi connectivity index (χ1v) is 7.40. The van der Waals surface area contributed by atoms with Crippen molar-refractivity contribution in [1.29, 1.82) is 0 Å². The molecule has 120 valence electrons. The van der Waals surface area contributed by atoms with Crippen LogP contribution in [0.2, 0.25) is 0 Å². The minimum Gasteiger partial charge on any atom is -0.354 e. The average Bonchev–Trinajstić information content (AvgIpc) is 2.55. The molecule has 0 saturated carbocycles. The van der Waals surface area contributed by atoms with Gasteiger partial charge in [0.2, 0.25) is 5.91 Å². The van der Waals surface area contributed by atoms with E-state index in [1.807, 2.05) is 19.1 Å². The van der Waals surface area contributed by atoms with E-state index in [2.05, 4.69) is 10.6 Å². The van der Waals surface area contributed by atoms with Crippen LogP contribution in [-0.4, -0.2) is 24.9 Å². The van der Waals surface area contributed by atoms with Crippen molar-refractivity contribution < 1.29 is 14.0 Å². The van der Waals surface area contributed by atoms with Gasteiger partial charge < -0.3 is 10.6 Å². The topological polar surface area (TPSA) is 58.2 Å². The van der Waals surface area contributed by atoms with Crippen LogP contribution >= 0.6 is 0 Å². The predicted molar refractivity (Wildman–Crippen MR) is 86.6 cm³/mol. The third kappa shape index (κ3) is 5.54. The zero-order valence-electron chi connectivity index (χ0n) is 12.9. The molecule has 0 aliphatic carbocycles. The van der Waals surface area contributed by atoms with Gasteiger partial charge >= 0.3 is 0 Å². The molecule has 2 aromatic carbocycles. The first kappa shape index (κ1) is 16.7. The SMILES string of the molecule is Cc1ccc(C(=O)NCC(=O)NCCc2ccc(F)cc2)cc1. The normalized spacial score (nSPS) is 10.2. The van der Waals surface area contributed by atoms with E-state index in [4.69, 9.17) is 0 Å². The highest BCUT2D eigenvalue weighted by Crippen LogP contribution is 2.03. The van der Waals surface area contributed by atoms with Gasteiger partial charge in [0.1, 0.15) is 5.82 Å². The molecule has 5 heteroatoms. The lowest BCUT2D eigenvalue weighted by Gasteiger charge is -2.07.